The van der Waals surface area contributed by atoms with Gasteiger partial charge in [-0.15, -0.1) is 16.6 Å². The maximum Gasteiger partial charge on any atom is 0.302 e. The molecule has 2 aromatic heterocycles. The molecule has 0 aliphatic carbocycles. The van der Waals surface area contributed by atoms with E-state index in [-0.39, 0.29) is 29.1 Å². The van der Waals surface area contributed by atoms with Crippen molar-refractivity contribution >= 4 is 17.2 Å². The van der Waals surface area contributed by atoms with Crippen molar-refractivity contribution in [3.05, 3.63) is 62.5 Å². The first-order valence-corrected chi connectivity index (χ1v) is 10.9. The van der Waals surface area contributed by atoms with Crippen LogP contribution in [0.2, 0.25) is 0 Å². The van der Waals surface area contributed by atoms with Gasteiger partial charge in [-0.3, -0.25) is 14.5 Å². The third kappa shape index (κ3) is 3.75. The lowest BCUT2D eigenvalue weighted by molar-refractivity contribution is -0.215. The zero-order chi connectivity index (χ0) is 25.1. The lowest BCUT2D eigenvalue weighted by Crippen LogP contribution is -2.64. The Morgan fingerprint density at radius 3 is 2.77 bits per heavy atom. The number of amides is 1. The van der Waals surface area contributed by atoms with Crippen LogP contribution >= 0.6 is 11.3 Å². The molecule has 1 saturated heterocycles. The molecule has 2 aliphatic heterocycles. The zero-order valence-corrected chi connectivity index (χ0v) is 18.4. The molecule has 0 saturated carbocycles. The van der Waals surface area contributed by atoms with Crippen molar-refractivity contribution in [2.75, 3.05) is 6.61 Å². The molecule has 1 amide bonds. The molecule has 0 spiro atoms. The fraction of sp³-hybridized carbons (Fsp3) is 0.273. The summed E-state index contributed by atoms with van der Waals surface area (Å²) in [7, 11) is 0. The van der Waals surface area contributed by atoms with Gasteiger partial charge in [0.15, 0.2) is 28.7 Å². The van der Waals surface area contributed by atoms with Crippen LogP contribution in [0.3, 0.4) is 0 Å². The Hall–Kier alpha value is -3.76. The van der Waals surface area contributed by atoms with E-state index in [4.69, 9.17) is 11.2 Å². The third-order valence-electron chi connectivity index (χ3n) is 5.71. The van der Waals surface area contributed by atoms with Crippen LogP contribution in [0.5, 0.6) is 5.75 Å². The van der Waals surface area contributed by atoms with Crippen LogP contribution in [0.15, 0.2) is 29.2 Å². The fourth-order valence-corrected chi connectivity index (χ4v) is 4.92. The van der Waals surface area contributed by atoms with E-state index in [0.29, 0.717) is 9.91 Å². The highest BCUT2D eigenvalue weighted by Crippen LogP contribution is 2.36. The van der Waals surface area contributed by atoms with E-state index < -0.39 is 59.2 Å². The van der Waals surface area contributed by atoms with Crippen molar-refractivity contribution in [3.8, 4) is 28.7 Å². The predicted octanol–water partition coefficient (Wildman–Crippen LogP) is 2.39. The Bertz CT molecular complexity index is 1460. The van der Waals surface area contributed by atoms with Gasteiger partial charge in [0, 0.05) is 18.7 Å². The number of alkyl halides is 2. The van der Waals surface area contributed by atoms with Gasteiger partial charge in [0.1, 0.15) is 23.2 Å². The maximum atomic E-state index is 14.2. The van der Waals surface area contributed by atoms with E-state index in [1.165, 1.54) is 16.8 Å². The van der Waals surface area contributed by atoms with Crippen LogP contribution in [0.1, 0.15) is 21.1 Å². The number of fused-ring (bicyclic) bond motifs is 2. The highest BCUT2D eigenvalue weighted by atomic mass is 32.1. The van der Waals surface area contributed by atoms with Crippen molar-refractivity contribution in [3.63, 3.8) is 0 Å². The summed E-state index contributed by atoms with van der Waals surface area (Å²) in [6, 6.07) is 1.19. The van der Waals surface area contributed by atoms with Crippen LogP contribution in [0.4, 0.5) is 17.6 Å². The minimum Gasteiger partial charge on any atom is -0.503 e. The molecule has 13 heteroatoms. The first kappa shape index (κ1) is 23.0. The number of carbonyl (C=O) groups is 1. The van der Waals surface area contributed by atoms with Crippen LogP contribution in [-0.2, 0) is 17.7 Å². The maximum absolute atomic E-state index is 14.2. The highest BCUT2D eigenvalue weighted by molar-refractivity contribution is 7.14. The smallest absolute Gasteiger partial charge is 0.302 e. The highest BCUT2D eigenvalue weighted by Gasteiger charge is 2.54. The molecule has 1 N–H and O–H groups in total. The van der Waals surface area contributed by atoms with E-state index in [1.807, 2.05) is 5.92 Å². The summed E-state index contributed by atoms with van der Waals surface area (Å²) in [5.74, 6) is -5.14. The second kappa shape index (κ2) is 8.17. The summed E-state index contributed by atoms with van der Waals surface area (Å²) >= 11 is 0.935. The standard InChI is InChI=1S/C22H14F4N4O4S/c1-2-14-22(25,26)9-34-16-8-29-7-12(18(31)19(32)17(29)21(33)30(14)16)20-28-27-15(35-20)5-10-3-4-11(23)6-13(10)24/h1,3-4,6-7,14,16,32H,5,8-9H2/t14-,16?/m1/s1. The third-order valence-corrected chi connectivity index (χ3v) is 6.67. The molecule has 35 heavy (non-hydrogen) atoms. The van der Waals surface area contributed by atoms with Gasteiger partial charge in [0.2, 0.25) is 5.43 Å². The van der Waals surface area contributed by atoms with Crippen molar-refractivity contribution in [2.24, 2.45) is 0 Å². The van der Waals surface area contributed by atoms with Crippen LogP contribution < -0.4 is 5.43 Å². The number of hydrogen-bond donors (Lipinski definition) is 1. The lowest BCUT2D eigenvalue weighted by Gasteiger charge is -2.46. The van der Waals surface area contributed by atoms with E-state index >= 15 is 0 Å². The van der Waals surface area contributed by atoms with E-state index in [0.717, 1.165) is 23.5 Å². The molecule has 1 unspecified atom stereocenters. The normalized spacial score (nSPS) is 20.8. The van der Waals surface area contributed by atoms with Crippen molar-refractivity contribution < 1.29 is 32.2 Å². The number of halogens is 4. The zero-order valence-electron chi connectivity index (χ0n) is 17.5. The van der Waals surface area contributed by atoms with Crippen molar-refractivity contribution in [2.45, 2.75) is 31.2 Å². The number of rotatable bonds is 3. The van der Waals surface area contributed by atoms with E-state index in [2.05, 4.69) is 10.2 Å². The van der Waals surface area contributed by atoms with Gasteiger partial charge in [-0.2, -0.15) is 0 Å². The molecule has 4 heterocycles. The van der Waals surface area contributed by atoms with Gasteiger partial charge in [0.05, 0.1) is 12.1 Å². The number of benzene rings is 1. The topological polar surface area (TPSA) is 97.5 Å². The van der Waals surface area contributed by atoms with E-state index in [9.17, 15) is 32.3 Å². The summed E-state index contributed by atoms with van der Waals surface area (Å²) in [6.45, 7) is -1.17. The molecule has 180 valence electrons. The molecule has 1 fully saturated rings. The monoisotopic (exact) mass is 506 g/mol. The fourth-order valence-electron chi connectivity index (χ4n) is 4.05. The molecule has 1 aromatic carbocycles. The Morgan fingerprint density at radius 1 is 1.29 bits per heavy atom. The van der Waals surface area contributed by atoms with Crippen molar-refractivity contribution in [1.29, 1.82) is 0 Å². The molecule has 0 radical (unpaired) electrons. The summed E-state index contributed by atoms with van der Waals surface area (Å²) < 4.78 is 61.9. The summed E-state index contributed by atoms with van der Waals surface area (Å²) in [4.78, 5) is 26.5. The molecular weight excluding hydrogens is 492 g/mol. The second-order valence-corrected chi connectivity index (χ2v) is 9.01. The van der Waals surface area contributed by atoms with Gasteiger partial charge in [-0.1, -0.05) is 23.3 Å². The molecule has 0 bridgehead atoms. The minimum atomic E-state index is -3.51. The number of aromatic hydroxyl groups is 1. The van der Waals surface area contributed by atoms with Gasteiger partial charge in [-0.25, -0.2) is 17.6 Å². The summed E-state index contributed by atoms with van der Waals surface area (Å²) in [5.41, 5.74) is -1.42. The Balaban J connectivity index is 1.51. The van der Waals surface area contributed by atoms with Gasteiger partial charge < -0.3 is 14.4 Å². The number of hydrogen-bond acceptors (Lipinski definition) is 7. The van der Waals surface area contributed by atoms with Gasteiger partial charge >= 0.3 is 5.92 Å². The average Bonchev–Trinajstić information content (AvgIpc) is 3.26. The summed E-state index contributed by atoms with van der Waals surface area (Å²) in [6.07, 6.45) is 5.33. The first-order chi connectivity index (χ1) is 16.6. The number of pyridine rings is 1. The molecule has 8 nitrogen and oxygen atoms in total. The number of terminal acetylenes is 1. The van der Waals surface area contributed by atoms with Crippen LogP contribution in [-0.4, -0.2) is 55.5 Å². The molecular formula is C22H14F4N4O4S. The van der Waals surface area contributed by atoms with Crippen LogP contribution in [0.25, 0.3) is 10.6 Å². The molecule has 5 rings (SSSR count). The minimum absolute atomic E-state index is 0.0207. The largest absolute Gasteiger partial charge is 0.503 e. The second-order valence-electron chi connectivity index (χ2n) is 7.94. The van der Waals surface area contributed by atoms with Crippen molar-refractivity contribution in [1.82, 2.24) is 19.7 Å². The molecule has 2 aliphatic rings. The average molecular weight is 506 g/mol. The lowest BCUT2D eigenvalue weighted by atomic mass is 10.0. The van der Waals surface area contributed by atoms with Gasteiger partial charge in [0.25, 0.3) is 5.91 Å². The molecule has 2 atom stereocenters. The van der Waals surface area contributed by atoms with Gasteiger partial charge in [-0.05, 0) is 11.6 Å². The number of nitrogens with zero attached hydrogens (tertiary/aromatic N) is 4. The quantitative estimate of drug-likeness (QED) is 0.433. The summed E-state index contributed by atoms with van der Waals surface area (Å²) in [5, 5.41) is 18.8. The Morgan fingerprint density at radius 2 is 2.06 bits per heavy atom. The predicted molar refractivity (Wildman–Crippen MR) is 114 cm³/mol. The number of aromatic nitrogens is 3. The Kier molecular flexibility index (Phi) is 5.37. The SMILES string of the molecule is C#C[C@H]1N2C(=O)c3c(O)c(=O)c(-c4nnc(Cc5ccc(F)cc5F)s4)cn3CC2OCC1(F)F. The number of carbonyl (C=O) groups excluding carboxylic acids is 1. The van der Waals surface area contributed by atoms with Crippen LogP contribution in [0, 0.1) is 24.0 Å². The first-order valence-electron chi connectivity index (χ1n) is 10.1. The number of ether oxygens (including phenoxy) is 1. The molecule has 3 aromatic rings. The van der Waals surface area contributed by atoms with E-state index in [1.54, 1.807) is 0 Å². The Labute approximate surface area is 198 Å².